The SMILES string of the molecule is Ic1ccccc1COC1CCCO1. The first-order valence-corrected chi connectivity index (χ1v) is 5.91. The van der Waals surface area contributed by atoms with Crippen LogP contribution in [0.1, 0.15) is 18.4 Å². The lowest BCUT2D eigenvalue weighted by atomic mass is 10.2. The highest BCUT2D eigenvalue weighted by Crippen LogP contribution is 2.17. The Morgan fingerprint density at radius 3 is 3.00 bits per heavy atom. The summed E-state index contributed by atoms with van der Waals surface area (Å²) in [5, 5.41) is 0. The summed E-state index contributed by atoms with van der Waals surface area (Å²) in [7, 11) is 0. The highest BCUT2D eigenvalue weighted by Gasteiger charge is 2.15. The predicted octanol–water partition coefficient (Wildman–Crippen LogP) is 2.94. The van der Waals surface area contributed by atoms with Gasteiger partial charge in [-0.1, -0.05) is 18.2 Å². The summed E-state index contributed by atoms with van der Waals surface area (Å²) in [4.78, 5) is 0. The molecule has 0 amide bonds. The minimum atomic E-state index is 0.0195. The van der Waals surface area contributed by atoms with Crippen LogP contribution >= 0.6 is 22.6 Å². The van der Waals surface area contributed by atoms with Gasteiger partial charge in [0, 0.05) is 16.6 Å². The molecule has 3 heteroatoms. The summed E-state index contributed by atoms with van der Waals surface area (Å²) >= 11 is 2.33. The van der Waals surface area contributed by atoms with Crippen LogP contribution in [-0.4, -0.2) is 12.9 Å². The molecule has 1 aromatic carbocycles. The van der Waals surface area contributed by atoms with Crippen LogP contribution in [0.4, 0.5) is 0 Å². The molecule has 0 bridgehead atoms. The van der Waals surface area contributed by atoms with E-state index in [1.54, 1.807) is 0 Å². The zero-order chi connectivity index (χ0) is 9.80. The second-order valence-corrected chi connectivity index (χ2v) is 4.51. The third kappa shape index (κ3) is 2.68. The van der Waals surface area contributed by atoms with E-state index < -0.39 is 0 Å². The van der Waals surface area contributed by atoms with Crippen LogP contribution in [0.3, 0.4) is 0 Å². The van der Waals surface area contributed by atoms with E-state index >= 15 is 0 Å². The van der Waals surface area contributed by atoms with E-state index in [1.807, 2.05) is 12.1 Å². The largest absolute Gasteiger partial charge is 0.353 e. The van der Waals surface area contributed by atoms with Gasteiger partial charge in [0.05, 0.1) is 6.61 Å². The van der Waals surface area contributed by atoms with Crippen molar-refractivity contribution >= 4 is 22.6 Å². The molecule has 2 rings (SSSR count). The standard InChI is InChI=1S/C11H13IO2/c12-10-5-2-1-4-9(10)8-14-11-6-3-7-13-11/h1-2,4-5,11H,3,6-8H2. The van der Waals surface area contributed by atoms with Crippen molar-refractivity contribution in [3.63, 3.8) is 0 Å². The molecule has 1 aliphatic heterocycles. The van der Waals surface area contributed by atoms with Crippen LogP contribution in [0.15, 0.2) is 24.3 Å². The highest BCUT2D eigenvalue weighted by molar-refractivity contribution is 14.1. The summed E-state index contributed by atoms with van der Waals surface area (Å²) in [6.07, 6.45) is 2.17. The quantitative estimate of drug-likeness (QED) is 0.799. The Bertz CT molecular complexity index is 295. The Morgan fingerprint density at radius 1 is 1.43 bits per heavy atom. The van der Waals surface area contributed by atoms with Crippen molar-refractivity contribution in [3.8, 4) is 0 Å². The fourth-order valence-electron chi connectivity index (χ4n) is 1.48. The van der Waals surface area contributed by atoms with Crippen LogP contribution in [0, 0.1) is 3.57 Å². The van der Waals surface area contributed by atoms with E-state index in [4.69, 9.17) is 9.47 Å². The van der Waals surface area contributed by atoms with E-state index in [2.05, 4.69) is 34.7 Å². The first-order valence-electron chi connectivity index (χ1n) is 4.83. The Balaban J connectivity index is 1.88. The Morgan fingerprint density at radius 2 is 2.29 bits per heavy atom. The maximum Gasteiger partial charge on any atom is 0.158 e. The van der Waals surface area contributed by atoms with Gasteiger partial charge in [0.1, 0.15) is 0 Å². The van der Waals surface area contributed by atoms with E-state index in [0.29, 0.717) is 6.61 Å². The van der Waals surface area contributed by atoms with E-state index in [9.17, 15) is 0 Å². The van der Waals surface area contributed by atoms with Gasteiger partial charge in [-0.15, -0.1) is 0 Å². The third-order valence-corrected chi connectivity index (χ3v) is 3.32. The first-order chi connectivity index (χ1) is 6.86. The molecule has 1 unspecified atom stereocenters. The van der Waals surface area contributed by atoms with Crippen molar-refractivity contribution in [2.45, 2.75) is 25.7 Å². The zero-order valence-corrected chi connectivity index (χ0v) is 10.1. The molecule has 1 aromatic rings. The average Bonchev–Trinajstić information content (AvgIpc) is 2.69. The number of halogens is 1. The van der Waals surface area contributed by atoms with Crippen LogP contribution in [-0.2, 0) is 16.1 Å². The van der Waals surface area contributed by atoms with Gasteiger partial charge in [-0.3, -0.25) is 0 Å². The number of rotatable bonds is 3. The lowest BCUT2D eigenvalue weighted by Gasteiger charge is -2.11. The van der Waals surface area contributed by atoms with Gasteiger partial charge in [0.25, 0.3) is 0 Å². The number of ether oxygens (including phenoxy) is 2. The summed E-state index contributed by atoms with van der Waals surface area (Å²) in [5.41, 5.74) is 1.24. The van der Waals surface area contributed by atoms with Crippen molar-refractivity contribution in [1.82, 2.24) is 0 Å². The molecule has 0 aromatic heterocycles. The average molecular weight is 304 g/mol. The van der Waals surface area contributed by atoms with Gasteiger partial charge in [0.2, 0.25) is 0 Å². The van der Waals surface area contributed by atoms with Crippen molar-refractivity contribution in [2.24, 2.45) is 0 Å². The smallest absolute Gasteiger partial charge is 0.158 e. The molecular formula is C11H13IO2. The normalized spacial score (nSPS) is 21.4. The molecule has 1 saturated heterocycles. The molecule has 1 atom stereocenters. The lowest BCUT2D eigenvalue weighted by molar-refractivity contribution is -0.118. The molecule has 0 N–H and O–H groups in total. The number of hydrogen-bond acceptors (Lipinski definition) is 2. The molecule has 1 fully saturated rings. The zero-order valence-electron chi connectivity index (χ0n) is 7.91. The minimum Gasteiger partial charge on any atom is -0.353 e. The molecule has 0 radical (unpaired) electrons. The van der Waals surface area contributed by atoms with Gasteiger partial charge >= 0.3 is 0 Å². The van der Waals surface area contributed by atoms with Crippen molar-refractivity contribution in [3.05, 3.63) is 33.4 Å². The fourth-order valence-corrected chi connectivity index (χ4v) is 2.02. The topological polar surface area (TPSA) is 18.5 Å². The Labute approximate surface area is 97.7 Å². The lowest BCUT2D eigenvalue weighted by Crippen LogP contribution is -2.10. The van der Waals surface area contributed by atoms with Crippen LogP contribution in [0.25, 0.3) is 0 Å². The molecule has 1 aliphatic rings. The first kappa shape index (κ1) is 10.4. The Hall–Kier alpha value is -0.130. The number of benzene rings is 1. The molecule has 14 heavy (non-hydrogen) atoms. The van der Waals surface area contributed by atoms with Crippen molar-refractivity contribution in [1.29, 1.82) is 0 Å². The van der Waals surface area contributed by atoms with Crippen molar-refractivity contribution < 1.29 is 9.47 Å². The Kier molecular flexibility index (Phi) is 3.78. The van der Waals surface area contributed by atoms with E-state index in [-0.39, 0.29) is 6.29 Å². The molecule has 2 nitrogen and oxygen atoms in total. The van der Waals surface area contributed by atoms with E-state index in [1.165, 1.54) is 9.13 Å². The highest BCUT2D eigenvalue weighted by atomic mass is 127. The predicted molar refractivity (Wildman–Crippen MR) is 62.9 cm³/mol. The van der Waals surface area contributed by atoms with Gasteiger partial charge in [-0.05, 0) is 40.6 Å². The van der Waals surface area contributed by atoms with Crippen LogP contribution in [0.2, 0.25) is 0 Å². The summed E-state index contributed by atoms with van der Waals surface area (Å²) < 4.78 is 12.3. The van der Waals surface area contributed by atoms with Crippen molar-refractivity contribution in [2.75, 3.05) is 6.61 Å². The van der Waals surface area contributed by atoms with Crippen LogP contribution < -0.4 is 0 Å². The third-order valence-electron chi connectivity index (χ3n) is 2.27. The molecule has 76 valence electrons. The van der Waals surface area contributed by atoms with Gasteiger partial charge < -0.3 is 9.47 Å². The summed E-state index contributed by atoms with van der Waals surface area (Å²) in [5.74, 6) is 0. The molecule has 0 saturated carbocycles. The molecule has 0 spiro atoms. The van der Waals surface area contributed by atoms with Gasteiger partial charge in [0.15, 0.2) is 6.29 Å². The summed E-state index contributed by atoms with van der Waals surface area (Å²) in [6.45, 7) is 1.50. The second-order valence-electron chi connectivity index (χ2n) is 3.34. The monoisotopic (exact) mass is 304 g/mol. The molecular weight excluding hydrogens is 291 g/mol. The minimum absolute atomic E-state index is 0.0195. The maximum atomic E-state index is 5.64. The second kappa shape index (κ2) is 5.09. The fraction of sp³-hybridized carbons (Fsp3) is 0.455. The van der Waals surface area contributed by atoms with Gasteiger partial charge in [-0.2, -0.15) is 0 Å². The maximum absolute atomic E-state index is 5.64. The molecule has 1 heterocycles. The summed E-state index contributed by atoms with van der Waals surface area (Å²) in [6, 6.07) is 8.26. The van der Waals surface area contributed by atoms with E-state index in [0.717, 1.165) is 19.4 Å². The number of hydrogen-bond donors (Lipinski definition) is 0. The molecule has 0 aliphatic carbocycles. The van der Waals surface area contributed by atoms with Gasteiger partial charge in [-0.25, -0.2) is 0 Å². The van der Waals surface area contributed by atoms with Crippen LogP contribution in [0.5, 0.6) is 0 Å².